The first-order valence-electron chi connectivity index (χ1n) is 3.82. The second kappa shape index (κ2) is 2.85. The van der Waals surface area contributed by atoms with Crippen molar-refractivity contribution in [3.63, 3.8) is 0 Å². The summed E-state index contributed by atoms with van der Waals surface area (Å²) in [5.74, 6) is 0. The lowest BCUT2D eigenvalue weighted by Gasteiger charge is -1.99. The first-order valence-corrected chi connectivity index (χ1v) is 4.20. The average Bonchev–Trinajstić information content (AvgIpc) is 2.12. The summed E-state index contributed by atoms with van der Waals surface area (Å²) in [5, 5.41) is 1.76. The van der Waals surface area contributed by atoms with Gasteiger partial charge in [-0.05, 0) is 18.6 Å². The standard InChI is InChI=1S/C9H7ClN2O/c1-5-3-12-9(13)6-2-8(10)11-4-7(5)6/h2-4H,1H3,(H,12,13). The summed E-state index contributed by atoms with van der Waals surface area (Å²) in [6.45, 7) is 1.91. The van der Waals surface area contributed by atoms with Gasteiger partial charge >= 0.3 is 0 Å². The van der Waals surface area contributed by atoms with Crippen molar-refractivity contribution in [2.75, 3.05) is 0 Å². The van der Waals surface area contributed by atoms with Crippen LogP contribution in [-0.2, 0) is 0 Å². The number of halogens is 1. The van der Waals surface area contributed by atoms with Crippen LogP contribution >= 0.6 is 11.6 Å². The van der Waals surface area contributed by atoms with Crippen molar-refractivity contribution in [3.05, 3.63) is 39.5 Å². The van der Waals surface area contributed by atoms with Gasteiger partial charge in [-0.2, -0.15) is 0 Å². The number of pyridine rings is 2. The van der Waals surface area contributed by atoms with Crippen molar-refractivity contribution in [1.29, 1.82) is 0 Å². The molecule has 3 nitrogen and oxygen atoms in total. The number of hydrogen-bond acceptors (Lipinski definition) is 2. The van der Waals surface area contributed by atoms with Crippen LogP contribution in [0.5, 0.6) is 0 Å². The monoisotopic (exact) mass is 194 g/mol. The molecule has 4 heteroatoms. The van der Waals surface area contributed by atoms with Gasteiger partial charge in [0.1, 0.15) is 5.15 Å². The predicted octanol–water partition coefficient (Wildman–Crippen LogP) is 1.88. The molecule has 1 N–H and O–H groups in total. The van der Waals surface area contributed by atoms with Crippen LogP contribution in [0, 0.1) is 6.92 Å². The SMILES string of the molecule is Cc1c[nH]c(=O)c2cc(Cl)ncc12. The zero-order valence-electron chi connectivity index (χ0n) is 6.97. The molecule has 2 rings (SSSR count). The number of H-pyrrole nitrogens is 1. The van der Waals surface area contributed by atoms with E-state index in [1.165, 1.54) is 0 Å². The van der Waals surface area contributed by atoms with E-state index in [-0.39, 0.29) is 5.56 Å². The summed E-state index contributed by atoms with van der Waals surface area (Å²) in [5.41, 5.74) is 0.851. The highest BCUT2D eigenvalue weighted by atomic mass is 35.5. The lowest BCUT2D eigenvalue weighted by molar-refractivity contribution is 1.23. The van der Waals surface area contributed by atoms with Gasteiger partial charge in [0.2, 0.25) is 0 Å². The largest absolute Gasteiger partial charge is 0.328 e. The van der Waals surface area contributed by atoms with Crippen LogP contribution in [-0.4, -0.2) is 9.97 Å². The van der Waals surface area contributed by atoms with Crippen LogP contribution in [0.15, 0.2) is 23.3 Å². The summed E-state index contributed by atoms with van der Waals surface area (Å²) in [7, 11) is 0. The minimum absolute atomic E-state index is 0.134. The van der Waals surface area contributed by atoms with Crippen LogP contribution in [0.25, 0.3) is 10.8 Å². The number of rotatable bonds is 0. The topological polar surface area (TPSA) is 45.8 Å². The lowest BCUT2D eigenvalue weighted by Crippen LogP contribution is -2.06. The second-order valence-electron chi connectivity index (χ2n) is 2.85. The maximum atomic E-state index is 11.3. The van der Waals surface area contributed by atoms with Crippen LogP contribution in [0.3, 0.4) is 0 Å². The first kappa shape index (κ1) is 8.26. The number of nitrogens with one attached hydrogen (secondary N) is 1. The number of aryl methyl sites for hydroxylation is 1. The molecule has 0 atom stereocenters. The molecule has 0 saturated heterocycles. The quantitative estimate of drug-likeness (QED) is 0.651. The van der Waals surface area contributed by atoms with Crippen LogP contribution in [0.2, 0.25) is 5.15 Å². The van der Waals surface area contributed by atoms with E-state index in [1.54, 1.807) is 18.5 Å². The molecule has 2 aromatic heterocycles. The smallest absolute Gasteiger partial charge is 0.255 e. The van der Waals surface area contributed by atoms with E-state index < -0.39 is 0 Å². The fourth-order valence-electron chi connectivity index (χ4n) is 1.26. The van der Waals surface area contributed by atoms with Gasteiger partial charge < -0.3 is 4.98 Å². The van der Waals surface area contributed by atoms with E-state index in [9.17, 15) is 4.79 Å². The minimum atomic E-state index is -0.134. The number of fused-ring (bicyclic) bond motifs is 1. The molecule has 0 radical (unpaired) electrons. The van der Waals surface area contributed by atoms with Gasteiger partial charge in [-0.15, -0.1) is 0 Å². The molecular formula is C9H7ClN2O. The first-order chi connectivity index (χ1) is 6.18. The fraction of sp³-hybridized carbons (Fsp3) is 0.111. The molecule has 0 aromatic carbocycles. The van der Waals surface area contributed by atoms with Gasteiger partial charge in [-0.3, -0.25) is 4.79 Å². The van der Waals surface area contributed by atoms with Gasteiger partial charge in [-0.25, -0.2) is 4.98 Å². The zero-order chi connectivity index (χ0) is 9.42. The van der Waals surface area contributed by atoms with E-state index in [0.29, 0.717) is 10.5 Å². The Labute approximate surface area is 79.4 Å². The molecule has 0 bridgehead atoms. The van der Waals surface area contributed by atoms with Gasteiger partial charge in [-0.1, -0.05) is 11.6 Å². The molecule has 0 amide bonds. The molecule has 13 heavy (non-hydrogen) atoms. The summed E-state index contributed by atoms with van der Waals surface area (Å²) >= 11 is 5.68. The molecule has 0 saturated carbocycles. The Balaban J connectivity index is 3.01. The molecule has 2 heterocycles. The molecule has 0 spiro atoms. The molecule has 0 aliphatic carbocycles. The average molecular weight is 195 g/mol. The zero-order valence-corrected chi connectivity index (χ0v) is 7.72. The molecular weight excluding hydrogens is 188 g/mol. The number of hydrogen-bond donors (Lipinski definition) is 1. The Kier molecular flexibility index (Phi) is 1.81. The van der Waals surface area contributed by atoms with Crippen molar-refractivity contribution in [2.24, 2.45) is 0 Å². The van der Waals surface area contributed by atoms with E-state index >= 15 is 0 Å². The molecule has 0 fully saturated rings. The lowest BCUT2D eigenvalue weighted by atomic mass is 10.1. The summed E-state index contributed by atoms with van der Waals surface area (Å²) in [6.07, 6.45) is 3.28. The molecule has 66 valence electrons. The number of aromatic amines is 1. The Morgan fingerprint density at radius 2 is 2.23 bits per heavy atom. The minimum Gasteiger partial charge on any atom is -0.328 e. The molecule has 0 aliphatic heterocycles. The second-order valence-corrected chi connectivity index (χ2v) is 3.24. The summed E-state index contributed by atoms with van der Waals surface area (Å²) < 4.78 is 0. The van der Waals surface area contributed by atoms with Gasteiger partial charge in [0.05, 0.1) is 5.39 Å². The molecule has 0 aliphatic rings. The maximum absolute atomic E-state index is 11.3. The highest BCUT2D eigenvalue weighted by Crippen LogP contribution is 2.15. The van der Waals surface area contributed by atoms with Gasteiger partial charge in [0, 0.05) is 17.8 Å². The third kappa shape index (κ3) is 1.31. The highest BCUT2D eigenvalue weighted by molar-refractivity contribution is 6.30. The van der Waals surface area contributed by atoms with Crippen LogP contribution in [0.1, 0.15) is 5.56 Å². The van der Waals surface area contributed by atoms with Crippen LogP contribution in [0.4, 0.5) is 0 Å². The van der Waals surface area contributed by atoms with E-state index in [1.807, 2.05) is 6.92 Å². The maximum Gasteiger partial charge on any atom is 0.255 e. The van der Waals surface area contributed by atoms with E-state index in [2.05, 4.69) is 9.97 Å². The summed E-state index contributed by atoms with van der Waals surface area (Å²) in [6, 6.07) is 1.57. The van der Waals surface area contributed by atoms with Gasteiger partial charge in [0.15, 0.2) is 0 Å². The predicted molar refractivity (Wildman–Crippen MR) is 52.1 cm³/mol. The Bertz CT molecular complexity index is 518. The van der Waals surface area contributed by atoms with Crippen molar-refractivity contribution >= 4 is 22.4 Å². The Morgan fingerprint density at radius 3 is 3.00 bits per heavy atom. The third-order valence-corrected chi connectivity index (χ3v) is 2.17. The molecule has 2 aromatic rings. The normalized spacial score (nSPS) is 10.6. The van der Waals surface area contributed by atoms with Crippen LogP contribution < -0.4 is 5.56 Å². The Morgan fingerprint density at radius 1 is 1.46 bits per heavy atom. The van der Waals surface area contributed by atoms with E-state index in [0.717, 1.165) is 10.9 Å². The highest BCUT2D eigenvalue weighted by Gasteiger charge is 2.02. The Hall–Kier alpha value is -1.35. The number of aromatic nitrogens is 2. The van der Waals surface area contributed by atoms with E-state index in [4.69, 9.17) is 11.6 Å². The summed E-state index contributed by atoms with van der Waals surface area (Å²) in [4.78, 5) is 17.9. The van der Waals surface area contributed by atoms with Crippen molar-refractivity contribution in [1.82, 2.24) is 9.97 Å². The fourth-order valence-corrected chi connectivity index (χ4v) is 1.42. The van der Waals surface area contributed by atoms with Gasteiger partial charge in [0.25, 0.3) is 5.56 Å². The van der Waals surface area contributed by atoms with Crippen molar-refractivity contribution < 1.29 is 0 Å². The van der Waals surface area contributed by atoms with Crippen molar-refractivity contribution in [3.8, 4) is 0 Å². The third-order valence-electron chi connectivity index (χ3n) is 1.96. The van der Waals surface area contributed by atoms with Crippen molar-refractivity contribution in [2.45, 2.75) is 6.92 Å². The number of nitrogens with zero attached hydrogens (tertiary/aromatic N) is 1. The molecule has 0 unspecified atom stereocenters.